The Bertz CT molecular complexity index is 546. The maximum atomic E-state index is 12.8. The van der Waals surface area contributed by atoms with E-state index in [0.29, 0.717) is 0 Å². The van der Waals surface area contributed by atoms with E-state index in [2.05, 4.69) is 41.9 Å². The molecule has 3 nitrogen and oxygen atoms in total. The predicted molar refractivity (Wildman–Crippen MR) is 94.6 cm³/mol. The van der Waals surface area contributed by atoms with Gasteiger partial charge in [-0.3, -0.25) is 4.90 Å². The van der Waals surface area contributed by atoms with E-state index in [1.165, 1.54) is 11.1 Å². The van der Waals surface area contributed by atoms with Crippen molar-refractivity contribution in [3.8, 4) is 0 Å². The number of carbonyl (C=O) groups is 1. The summed E-state index contributed by atoms with van der Waals surface area (Å²) in [6, 6.07) is 4.47. The van der Waals surface area contributed by atoms with Gasteiger partial charge in [0, 0.05) is 10.5 Å². The Morgan fingerprint density at radius 2 is 2.05 bits per heavy atom. The van der Waals surface area contributed by atoms with E-state index in [0.717, 1.165) is 35.8 Å². The molecule has 1 heterocycles. The zero-order valence-electron chi connectivity index (χ0n) is 14.2. The number of nitrogens with zero attached hydrogens (tertiary/aromatic N) is 1. The first-order chi connectivity index (χ1) is 10.3. The van der Waals surface area contributed by atoms with Crippen LogP contribution in [0.3, 0.4) is 0 Å². The second-order valence-electron chi connectivity index (χ2n) is 6.88. The number of hydrogen-bond donors (Lipinski definition) is 0. The monoisotopic (exact) mass is 367 g/mol. The summed E-state index contributed by atoms with van der Waals surface area (Å²) in [5.74, 6) is 0. The number of hydrogen-bond acceptors (Lipinski definition) is 2. The van der Waals surface area contributed by atoms with Crippen LogP contribution >= 0.6 is 15.9 Å². The van der Waals surface area contributed by atoms with Crippen LogP contribution in [0.4, 0.5) is 10.5 Å². The average molecular weight is 368 g/mol. The summed E-state index contributed by atoms with van der Waals surface area (Å²) < 4.78 is 6.76. The van der Waals surface area contributed by atoms with Gasteiger partial charge in [0.1, 0.15) is 5.60 Å². The smallest absolute Gasteiger partial charge is 0.415 e. The number of amides is 1. The molecule has 1 aromatic carbocycles. The lowest BCUT2D eigenvalue weighted by molar-refractivity contribution is 0.0559. The normalized spacial score (nSPS) is 18.1. The molecule has 0 saturated carbocycles. The third-order valence-corrected chi connectivity index (χ3v) is 4.49. The first-order valence-corrected chi connectivity index (χ1v) is 8.89. The van der Waals surface area contributed by atoms with Gasteiger partial charge in [-0.25, -0.2) is 4.79 Å². The van der Waals surface area contributed by atoms with E-state index in [1.807, 2.05) is 25.7 Å². The molecule has 1 aliphatic rings. The minimum atomic E-state index is -0.477. The minimum absolute atomic E-state index is 0.217. The first-order valence-electron chi connectivity index (χ1n) is 8.10. The molecule has 122 valence electrons. The van der Waals surface area contributed by atoms with Crippen LogP contribution in [-0.4, -0.2) is 17.7 Å². The summed E-state index contributed by atoms with van der Waals surface area (Å²) in [7, 11) is 0. The molecule has 1 aliphatic heterocycles. The van der Waals surface area contributed by atoms with Crippen molar-refractivity contribution in [3.05, 3.63) is 27.7 Å². The van der Waals surface area contributed by atoms with Crippen LogP contribution in [-0.2, 0) is 17.6 Å². The molecule has 1 unspecified atom stereocenters. The quantitative estimate of drug-likeness (QED) is 0.692. The average Bonchev–Trinajstić information content (AvgIpc) is 2.43. The summed E-state index contributed by atoms with van der Waals surface area (Å²) in [6.45, 7) is 10.0. The topological polar surface area (TPSA) is 29.5 Å². The third-order valence-electron chi connectivity index (χ3n) is 4.03. The fraction of sp³-hybridized carbons (Fsp3) is 0.611. The van der Waals surface area contributed by atoms with Crippen LogP contribution in [0.15, 0.2) is 16.6 Å². The molecule has 0 aromatic heterocycles. The Morgan fingerprint density at radius 1 is 1.36 bits per heavy atom. The van der Waals surface area contributed by atoms with Gasteiger partial charge in [-0.2, -0.15) is 0 Å². The molecule has 1 amide bonds. The Labute approximate surface area is 142 Å². The van der Waals surface area contributed by atoms with Gasteiger partial charge < -0.3 is 4.74 Å². The van der Waals surface area contributed by atoms with E-state index in [-0.39, 0.29) is 12.1 Å². The zero-order valence-corrected chi connectivity index (χ0v) is 15.8. The van der Waals surface area contributed by atoms with Gasteiger partial charge in [0.15, 0.2) is 0 Å². The summed E-state index contributed by atoms with van der Waals surface area (Å²) in [5.41, 5.74) is 3.03. The molecule has 0 radical (unpaired) electrons. The number of rotatable bonds is 2. The number of ether oxygens (including phenoxy) is 1. The Balaban J connectivity index is 2.49. The Kier molecular flexibility index (Phi) is 5.21. The molecule has 0 spiro atoms. The van der Waals surface area contributed by atoms with Gasteiger partial charge >= 0.3 is 6.09 Å². The number of benzene rings is 1. The molecule has 1 aromatic rings. The van der Waals surface area contributed by atoms with Crippen LogP contribution in [0, 0.1) is 0 Å². The van der Waals surface area contributed by atoms with Crippen LogP contribution in [0.25, 0.3) is 0 Å². The van der Waals surface area contributed by atoms with Gasteiger partial charge in [-0.05, 0) is 69.7 Å². The van der Waals surface area contributed by atoms with Crippen molar-refractivity contribution in [2.75, 3.05) is 4.90 Å². The minimum Gasteiger partial charge on any atom is -0.443 e. The second kappa shape index (κ2) is 6.61. The summed E-state index contributed by atoms with van der Waals surface area (Å²) >= 11 is 3.59. The van der Waals surface area contributed by atoms with Crippen molar-refractivity contribution in [1.29, 1.82) is 0 Å². The van der Waals surface area contributed by atoms with Crippen LogP contribution in [0.1, 0.15) is 58.6 Å². The fourth-order valence-corrected chi connectivity index (χ4v) is 3.61. The molecule has 22 heavy (non-hydrogen) atoms. The molecule has 0 fully saturated rings. The second-order valence-corrected chi connectivity index (χ2v) is 7.79. The van der Waals surface area contributed by atoms with Crippen LogP contribution in [0.2, 0.25) is 0 Å². The number of carbonyl (C=O) groups excluding carboxylic acids is 1. The SMILES string of the molecule is CCc1cc(Br)cc2c1N(C(=O)OC(C)(C)C)C(CC)CC2. The standard InChI is InChI=1S/C18H26BrNO2/c1-6-12-10-14(19)11-13-8-9-15(7-2)20(16(12)13)17(21)22-18(3,4)5/h10-11,15H,6-9H2,1-5H3. The Morgan fingerprint density at radius 3 is 2.59 bits per heavy atom. The molecule has 0 bridgehead atoms. The lowest BCUT2D eigenvalue weighted by Gasteiger charge is -2.39. The maximum Gasteiger partial charge on any atom is 0.415 e. The highest BCUT2D eigenvalue weighted by molar-refractivity contribution is 9.10. The highest BCUT2D eigenvalue weighted by Gasteiger charge is 2.34. The fourth-order valence-electron chi connectivity index (χ4n) is 3.06. The number of anilines is 1. The van der Waals surface area contributed by atoms with E-state index in [9.17, 15) is 4.79 Å². The maximum absolute atomic E-state index is 12.8. The first kappa shape index (κ1) is 17.3. The third kappa shape index (κ3) is 3.65. The number of aryl methyl sites for hydroxylation is 2. The largest absolute Gasteiger partial charge is 0.443 e. The number of fused-ring (bicyclic) bond motifs is 1. The van der Waals surface area contributed by atoms with Gasteiger partial charge in [0.2, 0.25) is 0 Å². The summed E-state index contributed by atoms with van der Waals surface area (Å²) in [6.07, 6.45) is 3.62. The summed E-state index contributed by atoms with van der Waals surface area (Å²) in [4.78, 5) is 14.7. The molecule has 0 aliphatic carbocycles. The van der Waals surface area contributed by atoms with Crippen molar-refractivity contribution in [3.63, 3.8) is 0 Å². The van der Waals surface area contributed by atoms with E-state index < -0.39 is 5.60 Å². The van der Waals surface area contributed by atoms with Crippen molar-refractivity contribution < 1.29 is 9.53 Å². The lowest BCUT2D eigenvalue weighted by Crippen LogP contribution is -2.46. The molecule has 1 atom stereocenters. The van der Waals surface area contributed by atoms with Gasteiger partial charge in [-0.15, -0.1) is 0 Å². The van der Waals surface area contributed by atoms with Crippen LogP contribution < -0.4 is 4.90 Å². The number of halogens is 1. The van der Waals surface area contributed by atoms with Gasteiger partial charge in [0.05, 0.1) is 5.69 Å². The van der Waals surface area contributed by atoms with E-state index in [1.54, 1.807) is 0 Å². The highest BCUT2D eigenvalue weighted by Crippen LogP contribution is 2.38. The van der Waals surface area contributed by atoms with E-state index in [4.69, 9.17) is 4.74 Å². The van der Waals surface area contributed by atoms with Crippen molar-refractivity contribution in [2.45, 2.75) is 71.9 Å². The molecule has 0 N–H and O–H groups in total. The predicted octanol–water partition coefficient (Wildman–Crippen LogP) is 5.48. The van der Waals surface area contributed by atoms with Gasteiger partial charge in [0.25, 0.3) is 0 Å². The van der Waals surface area contributed by atoms with Crippen molar-refractivity contribution in [2.24, 2.45) is 0 Å². The highest BCUT2D eigenvalue weighted by atomic mass is 79.9. The zero-order chi connectivity index (χ0) is 16.5. The summed E-state index contributed by atoms with van der Waals surface area (Å²) in [5, 5.41) is 0. The van der Waals surface area contributed by atoms with Crippen molar-refractivity contribution >= 4 is 27.7 Å². The van der Waals surface area contributed by atoms with E-state index >= 15 is 0 Å². The Hall–Kier alpha value is -1.03. The van der Waals surface area contributed by atoms with Crippen molar-refractivity contribution in [1.82, 2.24) is 0 Å². The van der Waals surface area contributed by atoms with Gasteiger partial charge in [-0.1, -0.05) is 29.8 Å². The molecule has 0 saturated heterocycles. The molecule has 2 rings (SSSR count). The molecular weight excluding hydrogens is 342 g/mol. The van der Waals surface area contributed by atoms with Crippen LogP contribution in [0.5, 0.6) is 0 Å². The molecular formula is C18H26BrNO2. The molecule has 4 heteroatoms. The lowest BCUT2D eigenvalue weighted by atomic mass is 9.91.